The van der Waals surface area contributed by atoms with E-state index in [1.807, 2.05) is 12.1 Å². The van der Waals surface area contributed by atoms with Crippen LogP contribution in [0.4, 0.5) is 0 Å². The second-order valence-electron chi connectivity index (χ2n) is 4.48. The largest absolute Gasteiger partial charge is 0.334 e. The first-order valence-electron chi connectivity index (χ1n) is 5.75. The van der Waals surface area contributed by atoms with E-state index in [1.165, 1.54) is 0 Å². The van der Waals surface area contributed by atoms with Gasteiger partial charge in [0.25, 0.3) is 5.91 Å². The van der Waals surface area contributed by atoms with E-state index in [0.717, 1.165) is 34.6 Å². The fourth-order valence-corrected chi connectivity index (χ4v) is 2.99. The highest BCUT2D eigenvalue weighted by Gasteiger charge is 2.35. The molecule has 0 radical (unpaired) electrons. The van der Waals surface area contributed by atoms with Crippen LogP contribution in [-0.4, -0.2) is 11.4 Å². The maximum atomic E-state index is 12.2. The van der Waals surface area contributed by atoms with Crippen molar-refractivity contribution in [2.45, 2.75) is 31.2 Å². The summed E-state index contributed by atoms with van der Waals surface area (Å²) in [6.07, 6.45) is 3.46. The maximum Gasteiger partial charge on any atom is 0.253 e. The predicted molar refractivity (Wildman–Crippen MR) is 76.1 cm³/mol. The Labute approximate surface area is 123 Å². The van der Waals surface area contributed by atoms with Crippen LogP contribution >= 0.6 is 31.9 Å². The zero-order valence-electron chi connectivity index (χ0n) is 9.67. The van der Waals surface area contributed by atoms with E-state index in [0.29, 0.717) is 5.56 Å². The summed E-state index contributed by atoms with van der Waals surface area (Å²) in [6.45, 7) is 0. The maximum absolute atomic E-state index is 12.2. The van der Waals surface area contributed by atoms with Gasteiger partial charge in [-0.1, -0.05) is 15.9 Å². The van der Waals surface area contributed by atoms with Gasteiger partial charge in [0.15, 0.2) is 0 Å². The van der Waals surface area contributed by atoms with Crippen molar-refractivity contribution in [1.82, 2.24) is 5.32 Å². The lowest BCUT2D eigenvalue weighted by molar-refractivity contribution is 0.0920. The quantitative estimate of drug-likeness (QED) is 0.859. The molecular weight excluding hydrogens is 360 g/mol. The molecule has 0 saturated heterocycles. The molecule has 1 aromatic rings. The first-order valence-corrected chi connectivity index (χ1v) is 7.34. The summed E-state index contributed by atoms with van der Waals surface area (Å²) in [4.78, 5) is 12.2. The van der Waals surface area contributed by atoms with Gasteiger partial charge in [-0.05, 0) is 59.8 Å². The van der Waals surface area contributed by atoms with Crippen LogP contribution in [0.15, 0.2) is 27.1 Å². The molecule has 0 atom stereocenters. The number of halogens is 2. The molecule has 0 spiro atoms. The molecule has 1 aliphatic rings. The van der Waals surface area contributed by atoms with Crippen LogP contribution < -0.4 is 5.32 Å². The summed E-state index contributed by atoms with van der Waals surface area (Å²) in [5, 5.41) is 12.1. The van der Waals surface area contributed by atoms with Gasteiger partial charge < -0.3 is 5.32 Å². The molecule has 18 heavy (non-hydrogen) atoms. The molecule has 1 N–H and O–H groups in total. The molecule has 0 bridgehead atoms. The number of nitriles is 1. The normalized spacial score (nSPS) is 17.2. The van der Waals surface area contributed by atoms with Gasteiger partial charge in [-0.2, -0.15) is 5.26 Å². The predicted octanol–water partition coefficient (Wildman–Crippen LogP) is 3.78. The van der Waals surface area contributed by atoms with Crippen LogP contribution in [-0.2, 0) is 0 Å². The highest BCUT2D eigenvalue weighted by Crippen LogP contribution is 2.30. The zero-order valence-corrected chi connectivity index (χ0v) is 12.8. The van der Waals surface area contributed by atoms with Crippen molar-refractivity contribution in [2.75, 3.05) is 0 Å². The Morgan fingerprint density at radius 3 is 2.61 bits per heavy atom. The Hall–Kier alpha value is -0.860. The molecule has 1 saturated carbocycles. The van der Waals surface area contributed by atoms with Gasteiger partial charge in [0.05, 0.1) is 11.6 Å². The van der Waals surface area contributed by atoms with Crippen molar-refractivity contribution in [3.8, 4) is 6.07 Å². The number of hydrogen-bond donors (Lipinski definition) is 1. The van der Waals surface area contributed by atoms with Crippen LogP contribution in [0.1, 0.15) is 36.0 Å². The molecular formula is C13H12Br2N2O. The molecule has 3 nitrogen and oxygen atoms in total. The number of nitrogens with zero attached hydrogens (tertiary/aromatic N) is 1. The number of nitrogens with one attached hydrogen (secondary N) is 1. The summed E-state index contributed by atoms with van der Waals surface area (Å²) in [6, 6.07) is 7.67. The average Bonchev–Trinajstić information content (AvgIpc) is 2.81. The minimum absolute atomic E-state index is 0.202. The van der Waals surface area contributed by atoms with E-state index in [2.05, 4.69) is 43.2 Å². The van der Waals surface area contributed by atoms with Crippen molar-refractivity contribution in [1.29, 1.82) is 5.26 Å². The van der Waals surface area contributed by atoms with E-state index < -0.39 is 5.54 Å². The molecule has 0 aliphatic heterocycles. The zero-order chi connectivity index (χ0) is 13.2. The van der Waals surface area contributed by atoms with Gasteiger partial charge >= 0.3 is 0 Å². The van der Waals surface area contributed by atoms with E-state index >= 15 is 0 Å². The number of amides is 1. The number of benzene rings is 1. The van der Waals surface area contributed by atoms with Crippen molar-refractivity contribution in [2.24, 2.45) is 0 Å². The lowest BCUT2D eigenvalue weighted by Gasteiger charge is -2.22. The van der Waals surface area contributed by atoms with Gasteiger partial charge in [0, 0.05) is 8.95 Å². The second kappa shape index (κ2) is 5.41. The van der Waals surface area contributed by atoms with Crippen molar-refractivity contribution < 1.29 is 4.79 Å². The van der Waals surface area contributed by atoms with E-state index in [4.69, 9.17) is 0 Å². The van der Waals surface area contributed by atoms with Crippen LogP contribution in [0.25, 0.3) is 0 Å². The Morgan fingerprint density at radius 1 is 1.33 bits per heavy atom. The molecule has 0 heterocycles. The topological polar surface area (TPSA) is 52.9 Å². The summed E-state index contributed by atoms with van der Waals surface area (Å²) in [5.41, 5.74) is -0.135. The third kappa shape index (κ3) is 2.76. The summed E-state index contributed by atoms with van der Waals surface area (Å²) < 4.78 is 1.57. The number of hydrogen-bond acceptors (Lipinski definition) is 2. The standard InChI is InChI=1S/C13H12Br2N2O/c14-9-3-4-11(15)10(7-9)12(18)17-13(8-16)5-1-2-6-13/h3-4,7H,1-2,5-6H2,(H,17,18). The second-order valence-corrected chi connectivity index (χ2v) is 6.25. The third-order valence-corrected chi connectivity index (χ3v) is 4.38. The molecule has 0 unspecified atom stereocenters. The van der Waals surface area contributed by atoms with Crippen LogP contribution in [0, 0.1) is 11.3 Å². The molecule has 1 amide bonds. The van der Waals surface area contributed by atoms with Crippen LogP contribution in [0.5, 0.6) is 0 Å². The molecule has 5 heteroatoms. The molecule has 1 fully saturated rings. The summed E-state index contributed by atoms with van der Waals surface area (Å²) in [5.74, 6) is -0.202. The van der Waals surface area contributed by atoms with E-state index in [9.17, 15) is 10.1 Å². The SMILES string of the molecule is N#CC1(NC(=O)c2cc(Br)ccc2Br)CCCC1. The molecule has 1 aliphatic carbocycles. The first kappa shape index (κ1) is 13.6. The minimum atomic E-state index is -0.682. The monoisotopic (exact) mass is 370 g/mol. The van der Waals surface area contributed by atoms with Crippen molar-refractivity contribution in [3.63, 3.8) is 0 Å². The summed E-state index contributed by atoms with van der Waals surface area (Å²) >= 11 is 6.70. The first-order chi connectivity index (χ1) is 8.56. The van der Waals surface area contributed by atoms with Crippen LogP contribution in [0.2, 0.25) is 0 Å². The Balaban J connectivity index is 2.22. The van der Waals surface area contributed by atoms with Gasteiger partial charge in [-0.3, -0.25) is 4.79 Å². The highest BCUT2D eigenvalue weighted by molar-refractivity contribution is 9.11. The van der Waals surface area contributed by atoms with Crippen molar-refractivity contribution >= 4 is 37.8 Å². The smallest absolute Gasteiger partial charge is 0.253 e. The van der Waals surface area contributed by atoms with E-state index in [-0.39, 0.29) is 5.91 Å². The Bertz CT molecular complexity index is 516. The number of carbonyl (C=O) groups is 1. The Morgan fingerprint density at radius 2 is 2.00 bits per heavy atom. The lowest BCUT2D eigenvalue weighted by Crippen LogP contribution is -2.45. The van der Waals surface area contributed by atoms with E-state index in [1.54, 1.807) is 6.07 Å². The fraction of sp³-hybridized carbons (Fsp3) is 0.385. The molecule has 1 aromatic carbocycles. The van der Waals surface area contributed by atoms with Gasteiger partial charge in [-0.15, -0.1) is 0 Å². The average molecular weight is 372 g/mol. The van der Waals surface area contributed by atoms with Gasteiger partial charge in [0.1, 0.15) is 5.54 Å². The number of rotatable bonds is 2. The highest BCUT2D eigenvalue weighted by atomic mass is 79.9. The minimum Gasteiger partial charge on any atom is -0.334 e. The summed E-state index contributed by atoms with van der Waals surface area (Å²) in [7, 11) is 0. The van der Waals surface area contributed by atoms with Crippen LogP contribution in [0.3, 0.4) is 0 Å². The fourth-order valence-electron chi connectivity index (χ4n) is 2.20. The van der Waals surface area contributed by atoms with Crippen molar-refractivity contribution in [3.05, 3.63) is 32.7 Å². The Kier molecular flexibility index (Phi) is 4.08. The molecule has 0 aromatic heterocycles. The molecule has 94 valence electrons. The van der Waals surface area contributed by atoms with Gasteiger partial charge in [0.2, 0.25) is 0 Å². The number of carbonyl (C=O) groups excluding carboxylic acids is 1. The third-order valence-electron chi connectivity index (χ3n) is 3.20. The lowest BCUT2D eigenvalue weighted by atomic mass is 9.99. The molecule has 2 rings (SSSR count). The van der Waals surface area contributed by atoms with Gasteiger partial charge in [-0.25, -0.2) is 0 Å².